The number of aryl methyl sites for hydroxylation is 1. The van der Waals surface area contributed by atoms with Gasteiger partial charge in [-0.25, -0.2) is 9.78 Å². The molecule has 0 spiro atoms. The summed E-state index contributed by atoms with van der Waals surface area (Å²) in [5.41, 5.74) is 2.60. The molecule has 4 heteroatoms. The molecule has 2 heterocycles. The van der Waals surface area contributed by atoms with Gasteiger partial charge >= 0.3 is 5.97 Å². The number of aromatic nitrogens is 2. The fourth-order valence-corrected chi connectivity index (χ4v) is 2.84. The molecule has 4 nitrogen and oxygen atoms in total. The number of hydrogen-bond donors (Lipinski definition) is 0. The number of nitrogens with zero attached hydrogens (tertiary/aromatic N) is 2. The standard InChI is InChI=1S/C15H18N2O2/c1-3-19-15(18)11-7-8-13-12(9-11)16-14-6-4-5-10(2)17(13)14/h7-10H,3-6H2,1-2H3/t10-/m1/s1. The molecule has 0 radical (unpaired) electrons. The number of fused-ring (bicyclic) bond motifs is 3. The number of carbonyl (C=O) groups is 1. The van der Waals surface area contributed by atoms with Crippen molar-refractivity contribution in [1.82, 2.24) is 9.55 Å². The van der Waals surface area contributed by atoms with Crippen molar-refractivity contribution < 1.29 is 9.53 Å². The molecule has 0 aliphatic carbocycles. The zero-order valence-electron chi connectivity index (χ0n) is 11.3. The zero-order chi connectivity index (χ0) is 13.4. The average Bonchev–Trinajstić information content (AvgIpc) is 2.77. The summed E-state index contributed by atoms with van der Waals surface area (Å²) in [4.78, 5) is 16.4. The van der Waals surface area contributed by atoms with Crippen LogP contribution in [0.2, 0.25) is 0 Å². The van der Waals surface area contributed by atoms with E-state index in [0.29, 0.717) is 18.2 Å². The largest absolute Gasteiger partial charge is 0.462 e. The fraction of sp³-hybridized carbons (Fsp3) is 0.467. The minimum atomic E-state index is -0.275. The van der Waals surface area contributed by atoms with E-state index in [1.807, 2.05) is 25.1 Å². The molecule has 0 fully saturated rings. The summed E-state index contributed by atoms with van der Waals surface area (Å²) in [6.07, 6.45) is 3.40. The number of ether oxygens (including phenoxy) is 1. The number of imidazole rings is 1. The molecule has 0 N–H and O–H groups in total. The van der Waals surface area contributed by atoms with Crippen molar-refractivity contribution in [2.24, 2.45) is 0 Å². The van der Waals surface area contributed by atoms with Crippen LogP contribution in [0.4, 0.5) is 0 Å². The van der Waals surface area contributed by atoms with Crippen LogP contribution in [0.5, 0.6) is 0 Å². The lowest BCUT2D eigenvalue weighted by molar-refractivity contribution is 0.0526. The van der Waals surface area contributed by atoms with Crippen molar-refractivity contribution in [3.63, 3.8) is 0 Å². The van der Waals surface area contributed by atoms with Crippen LogP contribution in [0.15, 0.2) is 18.2 Å². The Morgan fingerprint density at radius 3 is 3.16 bits per heavy atom. The number of hydrogen-bond acceptors (Lipinski definition) is 3. The van der Waals surface area contributed by atoms with Gasteiger partial charge in [0.15, 0.2) is 0 Å². The first kappa shape index (κ1) is 12.2. The first-order valence-electron chi connectivity index (χ1n) is 6.88. The lowest BCUT2D eigenvalue weighted by Crippen LogP contribution is -2.14. The third-order valence-electron chi connectivity index (χ3n) is 3.74. The summed E-state index contributed by atoms with van der Waals surface area (Å²) < 4.78 is 7.33. The minimum Gasteiger partial charge on any atom is -0.462 e. The maximum atomic E-state index is 11.7. The molecule has 0 saturated heterocycles. The molecule has 1 aromatic heterocycles. The van der Waals surface area contributed by atoms with Gasteiger partial charge in [-0.05, 0) is 44.9 Å². The molecule has 1 aliphatic heterocycles. The highest BCUT2D eigenvalue weighted by molar-refractivity contribution is 5.93. The molecular weight excluding hydrogens is 240 g/mol. The van der Waals surface area contributed by atoms with Crippen molar-refractivity contribution in [3.8, 4) is 0 Å². The predicted octanol–water partition coefficient (Wildman–Crippen LogP) is 3.11. The monoisotopic (exact) mass is 258 g/mol. The van der Waals surface area contributed by atoms with Crippen LogP contribution < -0.4 is 0 Å². The fourth-order valence-electron chi connectivity index (χ4n) is 2.84. The third kappa shape index (κ3) is 2.01. The van der Waals surface area contributed by atoms with E-state index in [1.54, 1.807) is 0 Å². The predicted molar refractivity (Wildman–Crippen MR) is 73.3 cm³/mol. The van der Waals surface area contributed by atoms with E-state index in [-0.39, 0.29) is 5.97 Å². The lowest BCUT2D eigenvalue weighted by atomic mass is 10.1. The van der Waals surface area contributed by atoms with E-state index in [9.17, 15) is 4.79 Å². The van der Waals surface area contributed by atoms with Crippen molar-refractivity contribution >= 4 is 17.0 Å². The Balaban J connectivity index is 2.08. The summed E-state index contributed by atoms with van der Waals surface area (Å²) in [5, 5.41) is 0. The Morgan fingerprint density at radius 1 is 1.53 bits per heavy atom. The second kappa shape index (κ2) is 4.68. The Kier molecular flexibility index (Phi) is 3.01. The SMILES string of the molecule is CCOC(=O)c1ccc2c(c1)nc1n2[C@H](C)CCC1. The second-order valence-electron chi connectivity index (χ2n) is 5.06. The van der Waals surface area contributed by atoms with Gasteiger partial charge in [-0.3, -0.25) is 0 Å². The Labute approximate surface area is 112 Å². The minimum absolute atomic E-state index is 0.275. The van der Waals surface area contributed by atoms with Gasteiger partial charge in [-0.2, -0.15) is 0 Å². The topological polar surface area (TPSA) is 44.1 Å². The van der Waals surface area contributed by atoms with Gasteiger partial charge in [0.05, 0.1) is 23.2 Å². The summed E-state index contributed by atoms with van der Waals surface area (Å²) in [6, 6.07) is 6.14. The molecule has 0 bridgehead atoms. The molecule has 2 aromatic rings. The molecule has 0 amide bonds. The number of benzene rings is 1. The van der Waals surface area contributed by atoms with Crippen LogP contribution in [0.25, 0.3) is 11.0 Å². The molecule has 0 saturated carbocycles. The lowest BCUT2D eigenvalue weighted by Gasteiger charge is -2.22. The van der Waals surface area contributed by atoms with Gasteiger partial charge < -0.3 is 9.30 Å². The molecule has 0 unspecified atom stereocenters. The van der Waals surface area contributed by atoms with E-state index in [0.717, 1.165) is 23.3 Å². The van der Waals surface area contributed by atoms with Gasteiger partial charge in [-0.15, -0.1) is 0 Å². The van der Waals surface area contributed by atoms with Crippen LogP contribution in [-0.2, 0) is 11.2 Å². The van der Waals surface area contributed by atoms with E-state index in [4.69, 9.17) is 4.74 Å². The van der Waals surface area contributed by atoms with Crippen LogP contribution in [-0.4, -0.2) is 22.1 Å². The van der Waals surface area contributed by atoms with Crippen molar-refractivity contribution in [2.75, 3.05) is 6.61 Å². The van der Waals surface area contributed by atoms with E-state index in [1.165, 1.54) is 12.8 Å². The van der Waals surface area contributed by atoms with Gasteiger partial charge in [0.25, 0.3) is 0 Å². The highest BCUT2D eigenvalue weighted by Crippen LogP contribution is 2.29. The summed E-state index contributed by atoms with van der Waals surface area (Å²) >= 11 is 0. The first-order valence-corrected chi connectivity index (χ1v) is 6.88. The summed E-state index contributed by atoms with van der Waals surface area (Å²) in [6.45, 7) is 4.43. The Morgan fingerprint density at radius 2 is 2.37 bits per heavy atom. The quantitative estimate of drug-likeness (QED) is 0.777. The Bertz CT molecular complexity index is 630. The number of esters is 1. The molecular formula is C15H18N2O2. The van der Waals surface area contributed by atoms with Gasteiger partial charge in [0.1, 0.15) is 5.82 Å². The van der Waals surface area contributed by atoms with Gasteiger partial charge in [0.2, 0.25) is 0 Å². The maximum Gasteiger partial charge on any atom is 0.338 e. The van der Waals surface area contributed by atoms with Crippen molar-refractivity contribution in [3.05, 3.63) is 29.6 Å². The highest BCUT2D eigenvalue weighted by Gasteiger charge is 2.20. The van der Waals surface area contributed by atoms with E-state index >= 15 is 0 Å². The number of rotatable bonds is 2. The smallest absolute Gasteiger partial charge is 0.338 e. The average molecular weight is 258 g/mol. The Hall–Kier alpha value is -1.84. The first-order chi connectivity index (χ1) is 9.20. The zero-order valence-corrected chi connectivity index (χ0v) is 11.3. The highest BCUT2D eigenvalue weighted by atomic mass is 16.5. The summed E-state index contributed by atoms with van der Waals surface area (Å²) in [7, 11) is 0. The van der Waals surface area contributed by atoms with Crippen LogP contribution in [0, 0.1) is 0 Å². The second-order valence-corrected chi connectivity index (χ2v) is 5.06. The van der Waals surface area contributed by atoms with Crippen LogP contribution >= 0.6 is 0 Å². The van der Waals surface area contributed by atoms with Gasteiger partial charge in [0, 0.05) is 12.5 Å². The molecule has 100 valence electrons. The molecule has 3 rings (SSSR count). The van der Waals surface area contributed by atoms with Crippen LogP contribution in [0.3, 0.4) is 0 Å². The van der Waals surface area contributed by atoms with E-state index in [2.05, 4.69) is 16.5 Å². The van der Waals surface area contributed by atoms with E-state index < -0.39 is 0 Å². The molecule has 19 heavy (non-hydrogen) atoms. The molecule has 1 atom stereocenters. The van der Waals surface area contributed by atoms with Crippen molar-refractivity contribution in [1.29, 1.82) is 0 Å². The normalized spacial score (nSPS) is 18.3. The van der Waals surface area contributed by atoms with Crippen molar-refractivity contribution in [2.45, 2.75) is 39.2 Å². The molecule has 1 aromatic carbocycles. The number of carbonyl (C=O) groups excluding carboxylic acids is 1. The summed E-state index contributed by atoms with van der Waals surface area (Å²) in [5.74, 6) is 0.859. The third-order valence-corrected chi connectivity index (χ3v) is 3.74. The maximum absolute atomic E-state index is 11.7. The van der Waals surface area contributed by atoms with Crippen LogP contribution in [0.1, 0.15) is 48.9 Å². The molecule has 1 aliphatic rings. The van der Waals surface area contributed by atoms with Gasteiger partial charge in [-0.1, -0.05) is 0 Å².